The summed E-state index contributed by atoms with van der Waals surface area (Å²) in [5.74, 6) is -3.29. The molecule has 186 valence electrons. The molecule has 2 aliphatic heterocycles. The monoisotopic (exact) mass is 495 g/mol. The van der Waals surface area contributed by atoms with Crippen molar-refractivity contribution in [1.82, 2.24) is 15.4 Å². The second kappa shape index (κ2) is 11.6. The highest BCUT2D eigenvalue weighted by Gasteiger charge is 2.49. The molecule has 32 heavy (non-hydrogen) atoms. The van der Waals surface area contributed by atoms with Crippen LogP contribution in [0, 0.1) is 0 Å². The Kier molecular flexibility index (Phi) is 10.0. The van der Waals surface area contributed by atoms with Gasteiger partial charge in [0.25, 0.3) is 5.91 Å². The third-order valence-corrected chi connectivity index (χ3v) is 4.64. The van der Waals surface area contributed by atoms with Crippen molar-refractivity contribution in [2.45, 2.75) is 50.0 Å². The number of nitrogens with one attached hydrogen (secondary N) is 1. The molecule has 3 amide bonds. The highest BCUT2D eigenvalue weighted by atomic mass is 32.3. The highest BCUT2D eigenvalue weighted by molar-refractivity contribution is 7.80. The van der Waals surface area contributed by atoms with E-state index in [2.05, 4.69) is 9.76 Å². The van der Waals surface area contributed by atoms with E-state index >= 15 is 0 Å². The fourth-order valence-corrected chi connectivity index (χ4v) is 3.24. The molecular formula is C14H24F3N5O9S. The Labute approximate surface area is 180 Å². The number of alkyl halides is 3. The number of aliphatic carboxylic acids is 1. The van der Waals surface area contributed by atoms with Crippen LogP contribution in [-0.2, 0) is 29.1 Å². The zero-order chi connectivity index (χ0) is 24.7. The van der Waals surface area contributed by atoms with Crippen LogP contribution >= 0.6 is 0 Å². The van der Waals surface area contributed by atoms with E-state index in [0.29, 0.717) is 30.9 Å². The first-order valence-electron chi connectivity index (χ1n) is 9.11. The summed E-state index contributed by atoms with van der Waals surface area (Å²) in [6.07, 6.45) is -3.04. The third-order valence-electron chi connectivity index (χ3n) is 4.29. The summed E-state index contributed by atoms with van der Waals surface area (Å²) < 4.78 is 66.4. The lowest BCUT2D eigenvalue weighted by Gasteiger charge is -2.29. The molecule has 14 nitrogen and oxygen atoms in total. The molecule has 2 aliphatic rings. The van der Waals surface area contributed by atoms with Crippen LogP contribution in [0.4, 0.5) is 18.0 Å². The Balaban J connectivity index is 0.000000633. The number of nitrogens with two attached hydrogens (primary N) is 2. The molecule has 2 fully saturated rings. The molecule has 0 radical (unpaired) electrons. The number of amides is 3. The van der Waals surface area contributed by atoms with Crippen molar-refractivity contribution in [3.05, 3.63) is 0 Å². The molecule has 0 aromatic heterocycles. The fraction of sp³-hybridized carbons (Fsp3) is 0.786. The zero-order valence-corrected chi connectivity index (χ0v) is 17.3. The van der Waals surface area contributed by atoms with Gasteiger partial charge in [-0.15, -0.1) is 4.28 Å². The maximum absolute atomic E-state index is 12.2. The molecule has 0 aliphatic carbocycles. The molecule has 0 spiro atoms. The number of carbonyl (C=O) groups is 3. The van der Waals surface area contributed by atoms with Gasteiger partial charge in [-0.1, -0.05) is 0 Å². The van der Waals surface area contributed by atoms with Gasteiger partial charge in [-0.3, -0.25) is 14.2 Å². The second-order valence-electron chi connectivity index (χ2n) is 6.78. The lowest BCUT2D eigenvalue weighted by atomic mass is 10.0. The average molecular weight is 495 g/mol. The SMILES string of the molecule is NCCC[C@H](N)CONC(=O)[C@@H]1CC[C@@H]2CN1C(=O)N2OS(=O)(=O)O.O=C(O)C(F)(F)F. The van der Waals surface area contributed by atoms with Crippen molar-refractivity contribution in [2.75, 3.05) is 19.7 Å². The van der Waals surface area contributed by atoms with Crippen molar-refractivity contribution in [2.24, 2.45) is 11.5 Å². The molecule has 3 atom stereocenters. The molecule has 18 heteroatoms. The molecule has 2 bridgehead atoms. The van der Waals surface area contributed by atoms with Crippen LogP contribution < -0.4 is 16.9 Å². The summed E-state index contributed by atoms with van der Waals surface area (Å²) >= 11 is 0. The van der Waals surface area contributed by atoms with Gasteiger partial charge in [0.15, 0.2) is 0 Å². The molecule has 2 heterocycles. The number of hydroxylamine groups is 3. The standard InChI is InChI=1S/C12H23N5O7S.C2HF3O2/c13-5-1-2-8(14)7-23-15-11(18)10-4-3-9-6-16(10)12(19)17(9)24-25(20,21)22;3-2(4,5)1(6)7/h8-10H,1-7,13-14H2,(H,15,18)(H,20,21,22);(H,6,7)/t8-,9+,10-;/m0./s1. The minimum Gasteiger partial charge on any atom is -0.475 e. The van der Waals surface area contributed by atoms with E-state index in [0.717, 1.165) is 6.42 Å². The van der Waals surface area contributed by atoms with Gasteiger partial charge in [0.2, 0.25) is 0 Å². The lowest BCUT2D eigenvalue weighted by Crippen LogP contribution is -2.50. The number of hydrogen-bond donors (Lipinski definition) is 5. The molecule has 0 unspecified atom stereocenters. The summed E-state index contributed by atoms with van der Waals surface area (Å²) in [6, 6.07) is -2.45. The van der Waals surface area contributed by atoms with Gasteiger partial charge >= 0.3 is 28.6 Å². The van der Waals surface area contributed by atoms with Gasteiger partial charge in [0, 0.05) is 12.6 Å². The fourth-order valence-electron chi connectivity index (χ4n) is 2.86. The van der Waals surface area contributed by atoms with E-state index in [1.807, 2.05) is 0 Å². The van der Waals surface area contributed by atoms with Gasteiger partial charge in [-0.25, -0.2) is 15.1 Å². The largest absolute Gasteiger partial charge is 0.490 e. The van der Waals surface area contributed by atoms with Gasteiger partial charge in [-0.05, 0) is 32.2 Å². The van der Waals surface area contributed by atoms with E-state index in [4.69, 9.17) is 30.8 Å². The Morgan fingerprint density at radius 3 is 2.41 bits per heavy atom. The molecule has 0 aromatic carbocycles. The van der Waals surface area contributed by atoms with Crippen molar-refractivity contribution in [1.29, 1.82) is 0 Å². The van der Waals surface area contributed by atoms with Crippen molar-refractivity contribution < 1.29 is 54.8 Å². The van der Waals surface area contributed by atoms with Crippen LogP contribution in [0.3, 0.4) is 0 Å². The average Bonchev–Trinajstić information content (AvgIpc) is 2.89. The van der Waals surface area contributed by atoms with Gasteiger partial charge in [0.1, 0.15) is 6.04 Å². The van der Waals surface area contributed by atoms with Crippen LogP contribution in [0.1, 0.15) is 25.7 Å². The van der Waals surface area contributed by atoms with Crippen LogP contribution in [-0.4, -0.2) is 89.9 Å². The number of halogens is 3. The Hall–Kier alpha value is -2.25. The lowest BCUT2D eigenvalue weighted by molar-refractivity contribution is -0.192. The smallest absolute Gasteiger partial charge is 0.475 e. The number of carboxylic acid groups (broad SMARTS) is 1. The number of piperidine rings is 1. The Bertz CT molecular complexity index is 782. The molecule has 0 saturated carbocycles. The number of nitrogens with zero attached hydrogens (tertiary/aromatic N) is 2. The van der Waals surface area contributed by atoms with Crippen LogP contribution in [0.5, 0.6) is 0 Å². The minimum atomic E-state index is -5.08. The van der Waals surface area contributed by atoms with Gasteiger partial charge in [-0.2, -0.15) is 26.7 Å². The number of fused-ring (bicyclic) bond motifs is 2. The number of carboxylic acids is 1. The molecule has 2 saturated heterocycles. The van der Waals surface area contributed by atoms with E-state index in [-0.39, 0.29) is 19.2 Å². The van der Waals surface area contributed by atoms with E-state index in [1.165, 1.54) is 4.90 Å². The zero-order valence-electron chi connectivity index (χ0n) is 16.5. The predicted octanol–water partition coefficient (Wildman–Crippen LogP) is -1.26. The Morgan fingerprint density at radius 2 is 1.91 bits per heavy atom. The summed E-state index contributed by atoms with van der Waals surface area (Å²) in [5, 5.41) is 7.70. The topological polar surface area (TPSA) is 215 Å². The number of urea groups is 1. The molecular weight excluding hydrogens is 471 g/mol. The second-order valence-corrected chi connectivity index (χ2v) is 7.79. The van der Waals surface area contributed by atoms with Crippen molar-refractivity contribution in [3.8, 4) is 0 Å². The Morgan fingerprint density at radius 1 is 1.31 bits per heavy atom. The maximum Gasteiger partial charge on any atom is 0.490 e. The van der Waals surface area contributed by atoms with E-state index in [9.17, 15) is 31.2 Å². The molecule has 0 aromatic rings. The third kappa shape index (κ3) is 8.71. The molecule has 7 N–H and O–H groups in total. The molecule has 2 rings (SSSR count). The quantitative estimate of drug-likeness (QED) is 0.188. The van der Waals surface area contributed by atoms with E-state index < -0.39 is 46.6 Å². The number of carbonyl (C=O) groups excluding carboxylic acids is 2. The first-order chi connectivity index (χ1) is 14.7. The van der Waals surface area contributed by atoms with Crippen molar-refractivity contribution >= 4 is 28.3 Å². The first-order valence-corrected chi connectivity index (χ1v) is 10.5. The predicted molar refractivity (Wildman–Crippen MR) is 97.4 cm³/mol. The van der Waals surface area contributed by atoms with Crippen LogP contribution in [0.2, 0.25) is 0 Å². The van der Waals surface area contributed by atoms with Crippen LogP contribution in [0.25, 0.3) is 0 Å². The summed E-state index contributed by atoms with van der Waals surface area (Å²) in [7, 11) is -4.82. The summed E-state index contributed by atoms with van der Waals surface area (Å²) in [6.45, 7) is 0.734. The maximum atomic E-state index is 12.2. The van der Waals surface area contributed by atoms with Gasteiger partial charge < -0.3 is 21.5 Å². The first kappa shape index (κ1) is 27.8. The summed E-state index contributed by atoms with van der Waals surface area (Å²) in [5.41, 5.74) is 13.4. The highest BCUT2D eigenvalue weighted by Crippen LogP contribution is 2.30. The normalized spacial score (nSPS) is 21.6. The van der Waals surface area contributed by atoms with Gasteiger partial charge in [0.05, 0.1) is 12.6 Å². The minimum absolute atomic E-state index is 0.104. The number of rotatable bonds is 9. The van der Waals surface area contributed by atoms with Crippen LogP contribution in [0.15, 0.2) is 0 Å². The van der Waals surface area contributed by atoms with E-state index in [1.54, 1.807) is 0 Å². The number of hydrogen-bond acceptors (Lipinski definition) is 9. The summed E-state index contributed by atoms with van der Waals surface area (Å²) in [4.78, 5) is 39.5. The van der Waals surface area contributed by atoms with Crippen molar-refractivity contribution in [3.63, 3.8) is 0 Å².